The van der Waals surface area contributed by atoms with Gasteiger partial charge < -0.3 is 10.2 Å². The third-order valence-corrected chi connectivity index (χ3v) is 4.72. The standard InChI is InChI=1S/C18H18BrN3O2/c19-15-6-1-2-7-16(15)22-12-13(11-17(22)23)18(24)21-10-8-14-5-3-4-9-20-14/h1-7,9,13H,8,10-12H2,(H,21,24)/t13-/m1/s1. The van der Waals surface area contributed by atoms with E-state index in [1.807, 2.05) is 42.5 Å². The first-order valence-corrected chi connectivity index (χ1v) is 8.67. The Hall–Kier alpha value is -2.21. The summed E-state index contributed by atoms with van der Waals surface area (Å²) in [5.74, 6) is -0.408. The molecule has 1 atom stereocenters. The second-order valence-corrected chi connectivity index (χ2v) is 6.57. The summed E-state index contributed by atoms with van der Waals surface area (Å²) < 4.78 is 0.856. The topological polar surface area (TPSA) is 62.3 Å². The fourth-order valence-electron chi connectivity index (χ4n) is 2.79. The molecular formula is C18H18BrN3O2. The molecule has 1 aliphatic rings. The van der Waals surface area contributed by atoms with E-state index in [9.17, 15) is 9.59 Å². The maximum atomic E-state index is 12.3. The van der Waals surface area contributed by atoms with Gasteiger partial charge in [0.1, 0.15) is 0 Å². The molecule has 1 saturated heterocycles. The Morgan fingerprint density at radius 2 is 2.04 bits per heavy atom. The molecule has 2 heterocycles. The van der Waals surface area contributed by atoms with E-state index in [1.54, 1.807) is 11.1 Å². The monoisotopic (exact) mass is 387 g/mol. The van der Waals surface area contributed by atoms with Crippen LogP contribution in [0.4, 0.5) is 5.69 Å². The molecule has 0 spiro atoms. The van der Waals surface area contributed by atoms with Gasteiger partial charge in [-0.2, -0.15) is 0 Å². The van der Waals surface area contributed by atoms with Gasteiger partial charge in [-0.05, 0) is 40.2 Å². The van der Waals surface area contributed by atoms with Crippen molar-refractivity contribution >= 4 is 33.4 Å². The molecule has 6 heteroatoms. The zero-order valence-electron chi connectivity index (χ0n) is 13.1. The van der Waals surface area contributed by atoms with Crippen LogP contribution in [-0.2, 0) is 16.0 Å². The lowest BCUT2D eigenvalue weighted by Gasteiger charge is -2.18. The predicted octanol–water partition coefficient (Wildman–Crippen LogP) is 2.56. The highest BCUT2D eigenvalue weighted by Crippen LogP contribution is 2.31. The van der Waals surface area contributed by atoms with Crippen LogP contribution in [0.5, 0.6) is 0 Å². The normalized spacial score (nSPS) is 17.1. The van der Waals surface area contributed by atoms with Crippen LogP contribution < -0.4 is 10.2 Å². The lowest BCUT2D eigenvalue weighted by atomic mass is 10.1. The molecule has 1 aliphatic heterocycles. The van der Waals surface area contributed by atoms with Gasteiger partial charge in [0, 0.05) is 42.3 Å². The molecule has 124 valence electrons. The van der Waals surface area contributed by atoms with Crippen molar-refractivity contribution in [1.82, 2.24) is 10.3 Å². The molecule has 2 aromatic rings. The van der Waals surface area contributed by atoms with Crippen LogP contribution in [0, 0.1) is 5.92 Å². The summed E-state index contributed by atoms with van der Waals surface area (Å²) in [5.41, 5.74) is 1.75. The van der Waals surface area contributed by atoms with E-state index in [2.05, 4.69) is 26.2 Å². The number of hydrogen-bond acceptors (Lipinski definition) is 3. The average molecular weight is 388 g/mol. The third kappa shape index (κ3) is 3.82. The minimum atomic E-state index is -0.312. The van der Waals surface area contributed by atoms with Crippen molar-refractivity contribution in [3.8, 4) is 0 Å². The maximum absolute atomic E-state index is 12.3. The highest BCUT2D eigenvalue weighted by atomic mass is 79.9. The first kappa shape index (κ1) is 16.6. The highest BCUT2D eigenvalue weighted by Gasteiger charge is 2.35. The summed E-state index contributed by atoms with van der Waals surface area (Å²) >= 11 is 3.46. The number of benzene rings is 1. The van der Waals surface area contributed by atoms with Gasteiger partial charge >= 0.3 is 0 Å². The molecule has 24 heavy (non-hydrogen) atoms. The Labute approximate surface area is 149 Å². The number of anilines is 1. The minimum absolute atomic E-state index is 0.0215. The van der Waals surface area contributed by atoms with Gasteiger partial charge in [-0.1, -0.05) is 18.2 Å². The SMILES string of the molecule is O=C(NCCc1ccccn1)[C@@H]1CC(=O)N(c2ccccc2Br)C1. The molecule has 3 rings (SSSR count). The molecule has 5 nitrogen and oxygen atoms in total. The summed E-state index contributed by atoms with van der Waals surface area (Å²) in [6, 6.07) is 13.3. The zero-order valence-corrected chi connectivity index (χ0v) is 14.7. The first-order chi connectivity index (χ1) is 11.6. The zero-order chi connectivity index (χ0) is 16.9. The number of nitrogens with zero attached hydrogens (tertiary/aromatic N) is 2. The number of hydrogen-bond donors (Lipinski definition) is 1. The van der Waals surface area contributed by atoms with Crippen LogP contribution in [-0.4, -0.2) is 29.9 Å². The number of rotatable bonds is 5. The fraction of sp³-hybridized carbons (Fsp3) is 0.278. The van der Waals surface area contributed by atoms with E-state index in [0.29, 0.717) is 19.5 Å². The van der Waals surface area contributed by atoms with E-state index in [1.165, 1.54) is 0 Å². The van der Waals surface area contributed by atoms with Crippen molar-refractivity contribution in [3.63, 3.8) is 0 Å². The average Bonchev–Trinajstić information content (AvgIpc) is 2.98. The van der Waals surface area contributed by atoms with Gasteiger partial charge in [0.15, 0.2) is 0 Å². The highest BCUT2D eigenvalue weighted by molar-refractivity contribution is 9.10. The number of para-hydroxylation sites is 1. The van der Waals surface area contributed by atoms with Crippen LogP contribution >= 0.6 is 15.9 Å². The molecule has 0 bridgehead atoms. The molecule has 1 aromatic carbocycles. The van der Waals surface area contributed by atoms with E-state index >= 15 is 0 Å². The summed E-state index contributed by atoms with van der Waals surface area (Å²) in [6.07, 6.45) is 2.67. The van der Waals surface area contributed by atoms with Crippen molar-refractivity contribution in [3.05, 3.63) is 58.8 Å². The van der Waals surface area contributed by atoms with Crippen molar-refractivity contribution in [1.29, 1.82) is 0 Å². The van der Waals surface area contributed by atoms with Gasteiger partial charge in [-0.15, -0.1) is 0 Å². The van der Waals surface area contributed by atoms with Crippen LogP contribution in [0.2, 0.25) is 0 Å². The molecule has 1 aromatic heterocycles. The van der Waals surface area contributed by atoms with Crippen LogP contribution in [0.15, 0.2) is 53.1 Å². The second kappa shape index (κ2) is 7.57. The number of carbonyl (C=O) groups is 2. The van der Waals surface area contributed by atoms with Gasteiger partial charge in [0.25, 0.3) is 0 Å². The van der Waals surface area contributed by atoms with Gasteiger partial charge in [-0.3, -0.25) is 14.6 Å². The van der Waals surface area contributed by atoms with Crippen molar-refractivity contribution in [2.24, 2.45) is 5.92 Å². The quantitative estimate of drug-likeness (QED) is 0.857. The number of aromatic nitrogens is 1. The smallest absolute Gasteiger partial charge is 0.227 e. The Kier molecular flexibility index (Phi) is 5.25. The Morgan fingerprint density at radius 1 is 1.25 bits per heavy atom. The molecule has 2 amide bonds. The first-order valence-electron chi connectivity index (χ1n) is 7.87. The predicted molar refractivity (Wildman–Crippen MR) is 95.6 cm³/mol. The Bertz CT molecular complexity index is 736. The van der Waals surface area contributed by atoms with Crippen LogP contribution in [0.1, 0.15) is 12.1 Å². The van der Waals surface area contributed by atoms with Crippen molar-refractivity contribution < 1.29 is 9.59 Å². The van der Waals surface area contributed by atoms with Crippen molar-refractivity contribution in [2.45, 2.75) is 12.8 Å². The van der Waals surface area contributed by atoms with Crippen molar-refractivity contribution in [2.75, 3.05) is 18.0 Å². The second-order valence-electron chi connectivity index (χ2n) is 5.72. The molecule has 0 unspecified atom stereocenters. The van der Waals surface area contributed by atoms with Gasteiger partial charge in [-0.25, -0.2) is 0 Å². The number of nitrogens with one attached hydrogen (secondary N) is 1. The Balaban J connectivity index is 1.55. The van der Waals surface area contributed by atoms with Crippen LogP contribution in [0.25, 0.3) is 0 Å². The summed E-state index contributed by atoms with van der Waals surface area (Å²) in [7, 11) is 0. The minimum Gasteiger partial charge on any atom is -0.355 e. The number of halogens is 1. The van der Waals surface area contributed by atoms with E-state index in [4.69, 9.17) is 0 Å². The molecular weight excluding hydrogens is 370 g/mol. The van der Waals surface area contributed by atoms with Gasteiger partial charge in [0.05, 0.1) is 11.6 Å². The largest absolute Gasteiger partial charge is 0.355 e. The van der Waals surface area contributed by atoms with Crippen LogP contribution in [0.3, 0.4) is 0 Å². The molecule has 1 N–H and O–H groups in total. The summed E-state index contributed by atoms with van der Waals surface area (Å²) in [4.78, 5) is 30.5. The lowest BCUT2D eigenvalue weighted by Crippen LogP contribution is -2.34. The van der Waals surface area contributed by atoms with E-state index in [-0.39, 0.29) is 24.2 Å². The summed E-state index contributed by atoms with van der Waals surface area (Å²) in [6.45, 7) is 0.937. The molecule has 1 fully saturated rings. The number of carbonyl (C=O) groups excluding carboxylic acids is 2. The lowest BCUT2D eigenvalue weighted by molar-refractivity contribution is -0.126. The van der Waals surface area contributed by atoms with Gasteiger partial charge in [0.2, 0.25) is 11.8 Å². The van der Waals surface area contributed by atoms with E-state index in [0.717, 1.165) is 15.9 Å². The maximum Gasteiger partial charge on any atom is 0.227 e. The Morgan fingerprint density at radius 3 is 2.79 bits per heavy atom. The van der Waals surface area contributed by atoms with E-state index < -0.39 is 0 Å². The summed E-state index contributed by atoms with van der Waals surface area (Å²) in [5, 5.41) is 2.91. The molecule has 0 saturated carbocycles. The molecule has 0 radical (unpaired) electrons. The molecule has 0 aliphatic carbocycles. The fourth-order valence-corrected chi connectivity index (χ4v) is 3.29. The number of amides is 2. The third-order valence-electron chi connectivity index (χ3n) is 4.05. The number of pyridine rings is 1.